The average Bonchev–Trinajstić information content (AvgIpc) is 2.61. The third kappa shape index (κ3) is 5.19. The molecule has 0 saturated heterocycles. The number of ether oxygens (including phenoxy) is 2. The largest absolute Gasteiger partial charge is 0.497 e. The van der Waals surface area contributed by atoms with Gasteiger partial charge >= 0.3 is 5.97 Å². The Morgan fingerprint density at radius 1 is 1.20 bits per heavy atom. The van der Waals surface area contributed by atoms with E-state index in [2.05, 4.69) is 5.32 Å². The highest BCUT2D eigenvalue weighted by molar-refractivity contribution is 6.30. The lowest BCUT2D eigenvalue weighted by molar-refractivity contribution is -0.124. The molecule has 2 aromatic carbocycles. The second-order valence-electron chi connectivity index (χ2n) is 5.26. The van der Waals surface area contributed by atoms with Gasteiger partial charge in [-0.25, -0.2) is 9.18 Å². The summed E-state index contributed by atoms with van der Waals surface area (Å²) in [7, 11) is 1.57. The smallest absolute Gasteiger partial charge is 0.341 e. The Labute approximate surface area is 149 Å². The van der Waals surface area contributed by atoms with E-state index in [1.54, 1.807) is 26.2 Å². The highest BCUT2D eigenvalue weighted by Crippen LogP contribution is 2.18. The van der Waals surface area contributed by atoms with E-state index < -0.39 is 24.3 Å². The van der Waals surface area contributed by atoms with Crippen LogP contribution in [0.3, 0.4) is 0 Å². The number of halogens is 2. The van der Waals surface area contributed by atoms with Crippen molar-refractivity contribution in [3.05, 3.63) is 64.4 Å². The van der Waals surface area contributed by atoms with Crippen LogP contribution in [0.5, 0.6) is 5.75 Å². The summed E-state index contributed by atoms with van der Waals surface area (Å²) in [6.45, 7) is 1.27. The summed E-state index contributed by atoms with van der Waals surface area (Å²) < 4.78 is 23.5. The van der Waals surface area contributed by atoms with Crippen molar-refractivity contribution in [1.29, 1.82) is 0 Å². The number of nitrogens with one attached hydrogen (secondary N) is 1. The van der Waals surface area contributed by atoms with E-state index in [0.29, 0.717) is 5.75 Å². The van der Waals surface area contributed by atoms with Gasteiger partial charge in [-0.2, -0.15) is 0 Å². The summed E-state index contributed by atoms with van der Waals surface area (Å²) in [6, 6.07) is 10.4. The van der Waals surface area contributed by atoms with Crippen LogP contribution in [0.25, 0.3) is 0 Å². The molecule has 2 aromatic rings. The highest BCUT2D eigenvalue weighted by atomic mass is 35.5. The highest BCUT2D eigenvalue weighted by Gasteiger charge is 2.16. The quantitative estimate of drug-likeness (QED) is 0.795. The minimum Gasteiger partial charge on any atom is -0.497 e. The third-order valence-electron chi connectivity index (χ3n) is 3.48. The summed E-state index contributed by atoms with van der Waals surface area (Å²) in [6.07, 6.45) is 0. The van der Waals surface area contributed by atoms with Crippen molar-refractivity contribution < 1.29 is 23.5 Å². The average molecular weight is 366 g/mol. The first-order valence-corrected chi connectivity index (χ1v) is 7.84. The van der Waals surface area contributed by atoms with Crippen LogP contribution in [0.4, 0.5) is 4.39 Å². The second-order valence-corrected chi connectivity index (χ2v) is 5.70. The van der Waals surface area contributed by atoms with Crippen LogP contribution in [0.1, 0.15) is 28.9 Å². The number of hydrogen-bond acceptors (Lipinski definition) is 4. The summed E-state index contributed by atoms with van der Waals surface area (Å²) in [5.41, 5.74) is 0.546. The second kappa shape index (κ2) is 8.48. The van der Waals surface area contributed by atoms with Crippen molar-refractivity contribution in [2.75, 3.05) is 13.7 Å². The predicted octanol–water partition coefficient (Wildman–Crippen LogP) is 3.52. The minimum absolute atomic E-state index is 0.200. The van der Waals surface area contributed by atoms with E-state index in [1.807, 2.05) is 12.1 Å². The molecule has 5 nitrogen and oxygen atoms in total. The van der Waals surface area contributed by atoms with Gasteiger partial charge in [0, 0.05) is 5.02 Å². The predicted molar refractivity (Wildman–Crippen MR) is 91.2 cm³/mol. The van der Waals surface area contributed by atoms with E-state index in [4.69, 9.17) is 21.1 Å². The summed E-state index contributed by atoms with van der Waals surface area (Å²) in [5, 5.41) is 2.89. The standard InChI is InChI=1S/C18H17ClFNO4/c1-11(12-3-6-14(24-2)7-4-12)21-17(22)10-25-18(23)15-9-13(19)5-8-16(15)20/h3-9,11H,10H2,1-2H3,(H,21,22). The fourth-order valence-corrected chi connectivity index (χ4v) is 2.29. The molecule has 0 radical (unpaired) electrons. The van der Waals surface area contributed by atoms with Crippen molar-refractivity contribution >= 4 is 23.5 Å². The molecule has 0 fully saturated rings. The van der Waals surface area contributed by atoms with Crippen LogP contribution in [-0.2, 0) is 9.53 Å². The number of amides is 1. The molecular formula is C18H17ClFNO4. The van der Waals surface area contributed by atoms with E-state index in [0.717, 1.165) is 17.7 Å². The maximum absolute atomic E-state index is 13.6. The molecule has 7 heteroatoms. The molecule has 1 N–H and O–H groups in total. The molecule has 25 heavy (non-hydrogen) atoms. The van der Waals surface area contributed by atoms with Gasteiger partial charge in [-0.3, -0.25) is 4.79 Å². The Bertz CT molecular complexity index is 764. The van der Waals surface area contributed by atoms with Crippen LogP contribution >= 0.6 is 11.6 Å². The Hall–Kier alpha value is -2.60. The van der Waals surface area contributed by atoms with Gasteiger partial charge in [-0.05, 0) is 42.8 Å². The molecule has 0 aliphatic carbocycles. The Morgan fingerprint density at radius 3 is 2.52 bits per heavy atom. The van der Waals surface area contributed by atoms with Crippen LogP contribution in [0.2, 0.25) is 5.02 Å². The van der Waals surface area contributed by atoms with Crippen molar-refractivity contribution in [3.8, 4) is 5.75 Å². The first-order chi connectivity index (χ1) is 11.9. The first-order valence-electron chi connectivity index (χ1n) is 7.46. The molecule has 0 aromatic heterocycles. The molecule has 0 aliphatic heterocycles. The van der Waals surface area contributed by atoms with Gasteiger partial charge in [0.2, 0.25) is 0 Å². The molecule has 132 valence electrons. The molecular weight excluding hydrogens is 349 g/mol. The molecule has 0 saturated carbocycles. The Kier molecular flexibility index (Phi) is 6.36. The maximum Gasteiger partial charge on any atom is 0.341 e. The monoisotopic (exact) mass is 365 g/mol. The first kappa shape index (κ1) is 18.7. The maximum atomic E-state index is 13.6. The fraction of sp³-hybridized carbons (Fsp3) is 0.222. The van der Waals surface area contributed by atoms with Gasteiger partial charge in [-0.1, -0.05) is 23.7 Å². The van der Waals surface area contributed by atoms with E-state index >= 15 is 0 Å². The molecule has 1 atom stereocenters. The number of rotatable bonds is 6. The summed E-state index contributed by atoms with van der Waals surface area (Å²) in [4.78, 5) is 23.7. The number of esters is 1. The zero-order chi connectivity index (χ0) is 18.4. The van der Waals surface area contributed by atoms with Crippen LogP contribution in [0, 0.1) is 5.82 Å². The van der Waals surface area contributed by atoms with Gasteiger partial charge in [0.25, 0.3) is 5.91 Å². The number of methoxy groups -OCH3 is 1. The van der Waals surface area contributed by atoms with Gasteiger partial charge < -0.3 is 14.8 Å². The van der Waals surface area contributed by atoms with Gasteiger partial charge in [0.05, 0.1) is 18.7 Å². The number of hydrogen-bond donors (Lipinski definition) is 1. The lowest BCUT2D eigenvalue weighted by atomic mass is 10.1. The summed E-state index contributed by atoms with van der Waals surface area (Å²) in [5.74, 6) is -1.51. The lowest BCUT2D eigenvalue weighted by Crippen LogP contribution is -2.31. The Balaban J connectivity index is 1.89. The zero-order valence-electron chi connectivity index (χ0n) is 13.7. The van der Waals surface area contributed by atoms with Crippen LogP contribution < -0.4 is 10.1 Å². The van der Waals surface area contributed by atoms with Crippen molar-refractivity contribution in [3.63, 3.8) is 0 Å². The molecule has 0 heterocycles. The van der Waals surface area contributed by atoms with Crippen molar-refractivity contribution in [2.45, 2.75) is 13.0 Å². The molecule has 1 unspecified atom stereocenters. The fourth-order valence-electron chi connectivity index (χ4n) is 2.12. The molecule has 2 rings (SSSR count). The van der Waals surface area contributed by atoms with Gasteiger partial charge in [-0.15, -0.1) is 0 Å². The number of benzene rings is 2. The Morgan fingerprint density at radius 2 is 1.88 bits per heavy atom. The topological polar surface area (TPSA) is 64.6 Å². The molecule has 0 aliphatic rings. The third-order valence-corrected chi connectivity index (χ3v) is 3.71. The van der Waals surface area contributed by atoms with Gasteiger partial charge in [0.1, 0.15) is 11.6 Å². The minimum atomic E-state index is -0.952. The zero-order valence-corrected chi connectivity index (χ0v) is 14.5. The number of carbonyl (C=O) groups is 2. The molecule has 0 spiro atoms. The van der Waals surface area contributed by atoms with Crippen LogP contribution in [0.15, 0.2) is 42.5 Å². The molecule has 0 bridgehead atoms. The summed E-state index contributed by atoms with van der Waals surface area (Å²) >= 11 is 5.72. The molecule has 1 amide bonds. The SMILES string of the molecule is COc1ccc(C(C)NC(=O)COC(=O)c2cc(Cl)ccc2F)cc1. The van der Waals surface area contributed by atoms with Crippen molar-refractivity contribution in [1.82, 2.24) is 5.32 Å². The van der Waals surface area contributed by atoms with E-state index in [1.165, 1.54) is 6.07 Å². The van der Waals surface area contributed by atoms with Crippen LogP contribution in [-0.4, -0.2) is 25.6 Å². The number of carbonyl (C=O) groups excluding carboxylic acids is 2. The van der Waals surface area contributed by atoms with Gasteiger partial charge in [0.15, 0.2) is 6.61 Å². The van der Waals surface area contributed by atoms with Crippen molar-refractivity contribution in [2.24, 2.45) is 0 Å². The van der Waals surface area contributed by atoms with E-state index in [-0.39, 0.29) is 16.6 Å². The normalized spacial score (nSPS) is 11.5. The lowest BCUT2D eigenvalue weighted by Gasteiger charge is -2.15. The van der Waals surface area contributed by atoms with E-state index in [9.17, 15) is 14.0 Å².